The van der Waals surface area contributed by atoms with Gasteiger partial charge < -0.3 is 10.6 Å². The zero-order valence-corrected chi connectivity index (χ0v) is 12.0. The van der Waals surface area contributed by atoms with E-state index in [1.807, 2.05) is 0 Å². The van der Waals surface area contributed by atoms with Crippen LogP contribution in [-0.4, -0.2) is 18.1 Å². The van der Waals surface area contributed by atoms with E-state index in [4.69, 9.17) is 17.3 Å². The van der Waals surface area contributed by atoms with E-state index in [0.717, 1.165) is 18.9 Å². The summed E-state index contributed by atoms with van der Waals surface area (Å²) in [6.07, 6.45) is 6.66. The molecule has 1 aliphatic rings. The van der Waals surface area contributed by atoms with Crippen molar-refractivity contribution in [3.63, 3.8) is 0 Å². The van der Waals surface area contributed by atoms with Gasteiger partial charge in [0.15, 0.2) is 0 Å². The van der Waals surface area contributed by atoms with Gasteiger partial charge in [-0.25, -0.2) is 4.98 Å². The van der Waals surface area contributed by atoms with E-state index in [-0.39, 0.29) is 0 Å². The van der Waals surface area contributed by atoms with Crippen LogP contribution in [0.15, 0.2) is 12.3 Å². The minimum absolute atomic E-state index is 0.525. The lowest BCUT2D eigenvalue weighted by Gasteiger charge is -2.41. The number of aromatic nitrogens is 1. The molecule has 2 N–H and O–H groups in total. The van der Waals surface area contributed by atoms with Crippen LogP contribution in [0.5, 0.6) is 0 Å². The third kappa shape index (κ3) is 2.56. The topological polar surface area (TPSA) is 42.2 Å². The van der Waals surface area contributed by atoms with Gasteiger partial charge in [-0.15, -0.1) is 0 Å². The Morgan fingerprint density at radius 3 is 2.44 bits per heavy atom. The van der Waals surface area contributed by atoms with E-state index in [2.05, 4.69) is 23.7 Å². The average Bonchev–Trinajstić information content (AvgIpc) is 2.39. The number of halogens is 1. The average molecular weight is 268 g/mol. The first kappa shape index (κ1) is 13.5. The van der Waals surface area contributed by atoms with Gasteiger partial charge in [-0.3, -0.25) is 0 Å². The fourth-order valence-corrected chi connectivity index (χ4v) is 3.12. The van der Waals surface area contributed by atoms with Crippen LogP contribution in [0.3, 0.4) is 0 Å². The molecule has 0 atom stereocenters. The lowest BCUT2D eigenvalue weighted by atomic mass is 9.74. The molecule has 0 radical (unpaired) electrons. The largest absolute Gasteiger partial charge is 0.397 e. The van der Waals surface area contributed by atoms with E-state index < -0.39 is 0 Å². The maximum absolute atomic E-state index is 6.22. The van der Waals surface area contributed by atoms with Crippen LogP contribution in [-0.2, 0) is 0 Å². The van der Waals surface area contributed by atoms with Gasteiger partial charge >= 0.3 is 0 Å². The second-order valence-corrected chi connectivity index (χ2v) is 5.68. The van der Waals surface area contributed by atoms with Crippen molar-refractivity contribution in [2.45, 2.75) is 39.5 Å². The minimum Gasteiger partial charge on any atom is -0.397 e. The molecule has 1 aliphatic heterocycles. The van der Waals surface area contributed by atoms with Crippen LogP contribution in [0.2, 0.25) is 5.02 Å². The lowest BCUT2D eigenvalue weighted by Crippen LogP contribution is -2.40. The summed E-state index contributed by atoms with van der Waals surface area (Å²) in [5.74, 6) is 0.881. The smallest absolute Gasteiger partial charge is 0.147 e. The summed E-state index contributed by atoms with van der Waals surface area (Å²) in [5, 5.41) is 0.662. The molecule has 0 aliphatic carbocycles. The number of piperidine rings is 1. The summed E-state index contributed by atoms with van der Waals surface area (Å²) >= 11 is 6.22. The third-order valence-corrected chi connectivity index (χ3v) is 4.74. The van der Waals surface area contributed by atoms with Crippen LogP contribution in [0.1, 0.15) is 39.5 Å². The number of anilines is 2. The Kier molecular flexibility index (Phi) is 4.00. The SMILES string of the molecule is CCC1(CC)CCN(c2ncc(N)cc2Cl)CC1. The van der Waals surface area contributed by atoms with Crippen molar-refractivity contribution >= 4 is 23.1 Å². The highest BCUT2D eigenvalue weighted by Gasteiger charge is 2.32. The third-order valence-electron chi connectivity index (χ3n) is 4.47. The van der Waals surface area contributed by atoms with Crippen molar-refractivity contribution in [1.82, 2.24) is 4.98 Å². The van der Waals surface area contributed by atoms with E-state index in [1.54, 1.807) is 12.3 Å². The highest BCUT2D eigenvalue weighted by Crippen LogP contribution is 2.39. The van der Waals surface area contributed by atoms with Gasteiger partial charge in [-0.2, -0.15) is 0 Å². The molecular weight excluding hydrogens is 246 g/mol. The van der Waals surface area contributed by atoms with Crippen molar-refractivity contribution in [2.75, 3.05) is 23.7 Å². The second-order valence-electron chi connectivity index (χ2n) is 5.27. The molecule has 1 saturated heterocycles. The molecule has 2 rings (SSSR count). The van der Waals surface area contributed by atoms with Gasteiger partial charge in [-0.05, 0) is 24.3 Å². The maximum Gasteiger partial charge on any atom is 0.147 e. The fraction of sp³-hybridized carbons (Fsp3) is 0.643. The van der Waals surface area contributed by atoms with Crippen molar-refractivity contribution in [2.24, 2.45) is 5.41 Å². The molecule has 1 fully saturated rings. The molecule has 0 amide bonds. The number of hydrogen-bond acceptors (Lipinski definition) is 3. The Morgan fingerprint density at radius 2 is 1.94 bits per heavy atom. The Balaban J connectivity index is 2.10. The summed E-state index contributed by atoms with van der Waals surface area (Å²) in [7, 11) is 0. The Bertz CT molecular complexity index is 406. The van der Waals surface area contributed by atoms with Crippen molar-refractivity contribution < 1.29 is 0 Å². The Hall–Kier alpha value is -0.960. The summed E-state index contributed by atoms with van der Waals surface area (Å²) in [4.78, 5) is 6.65. The van der Waals surface area contributed by atoms with Crippen LogP contribution in [0, 0.1) is 5.41 Å². The van der Waals surface area contributed by atoms with Gasteiger partial charge in [0.2, 0.25) is 0 Å². The molecule has 100 valence electrons. The fourth-order valence-electron chi connectivity index (χ4n) is 2.83. The molecule has 3 nitrogen and oxygen atoms in total. The molecule has 0 spiro atoms. The molecule has 0 unspecified atom stereocenters. The van der Waals surface area contributed by atoms with Crippen molar-refractivity contribution in [1.29, 1.82) is 0 Å². The van der Waals surface area contributed by atoms with Crippen LogP contribution < -0.4 is 10.6 Å². The molecule has 2 heterocycles. The van der Waals surface area contributed by atoms with Crippen LogP contribution >= 0.6 is 11.6 Å². The zero-order chi connectivity index (χ0) is 13.2. The first-order valence-corrected chi connectivity index (χ1v) is 7.14. The summed E-state index contributed by atoms with van der Waals surface area (Å²) in [5.41, 5.74) is 6.82. The first-order valence-electron chi connectivity index (χ1n) is 6.76. The van der Waals surface area contributed by atoms with E-state index in [9.17, 15) is 0 Å². The zero-order valence-electron chi connectivity index (χ0n) is 11.2. The molecule has 4 heteroatoms. The molecule has 18 heavy (non-hydrogen) atoms. The number of pyridine rings is 1. The molecule has 1 aromatic heterocycles. The van der Waals surface area contributed by atoms with E-state index in [0.29, 0.717) is 16.1 Å². The molecule has 1 aromatic rings. The summed E-state index contributed by atoms with van der Waals surface area (Å²) < 4.78 is 0. The summed E-state index contributed by atoms with van der Waals surface area (Å²) in [6.45, 7) is 6.68. The number of nitrogens with two attached hydrogens (primary N) is 1. The van der Waals surface area contributed by atoms with E-state index >= 15 is 0 Å². The van der Waals surface area contributed by atoms with Gasteiger partial charge in [-0.1, -0.05) is 38.3 Å². The Morgan fingerprint density at radius 1 is 1.33 bits per heavy atom. The number of nitrogen functional groups attached to an aromatic ring is 1. The number of nitrogens with zero attached hydrogens (tertiary/aromatic N) is 2. The predicted octanol–water partition coefficient (Wildman–Crippen LogP) is 3.72. The molecule has 0 saturated carbocycles. The first-order chi connectivity index (χ1) is 8.60. The quantitative estimate of drug-likeness (QED) is 0.908. The molecular formula is C14H22ClN3. The van der Waals surface area contributed by atoms with Gasteiger partial charge in [0.05, 0.1) is 16.9 Å². The standard InChI is InChI=1S/C14H22ClN3/c1-3-14(4-2)5-7-18(8-6-14)13-12(15)9-11(16)10-17-13/h9-10H,3-8,16H2,1-2H3. The minimum atomic E-state index is 0.525. The molecule has 0 bridgehead atoms. The number of hydrogen-bond donors (Lipinski definition) is 1. The lowest BCUT2D eigenvalue weighted by molar-refractivity contribution is 0.199. The normalized spacial score (nSPS) is 18.9. The summed E-state index contributed by atoms with van der Waals surface area (Å²) in [6, 6.07) is 1.78. The van der Waals surface area contributed by atoms with Crippen LogP contribution in [0.4, 0.5) is 11.5 Å². The second kappa shape index (κ2) is 5.35. The number of rotatable bonds is 3. The highest BCUT2D eigenvalue weighted by molar-refractivity contribution is 6.33. The van der Waals surface area contributed by atoms with Gasteiger partial charge in [0.25, 0.3) is 0 Å². The van der Waals surface area contributed by atoms with Gasteiger partial charge in [0, 0.05) is 13.1 Å². The highest BCUT2D eigenvalue weighted by atomic mass is 35.5. The van der Waals surface area contributed by atoms with Crippen molar-refractivity contribution in [3.8, 4) is 0 Å². The van der Waals surface area contributed by atoms with E-state index in [1.165, 1.54) is 25.7 Å². The van der Waals surface area contributed by atoms with Crippen LogP contribution in [0.25, 0.3) is 0 Å². The monoisotopic (exact) mass is 267 g/mol. The maximum atomic E-state index is 6.22. The Labute approximate surface area is 114 Å². The predicted molar refractivity (Wildman–Crippen MR) is 78.1 cm³/mol. The van der Waals surface area contributed by atoms with Crippen molar-refractivity contribution in [3.05, 3.63) is 17.3 Å². The van der Waals surface area contributed by atoms with Gasteiger partial charge in [0.1, 0.15) is 5.82 Å². The molecule has 0 aromatic carbocycles.